The summed E-state index contributed by atoms with van der Waals surface area (Å²) < 4.78 is 12.7. The van der Waals surface area contributed by atoms with Crippen molar-refractivity contribution in [2.24, 2.45) is 0 Å². The molecule has 0 aromatic carbocycles. The predicted octanol–water partition coefficient (Wildman–Crippen LogP) is -0.207. The topological polar surface area (TPSA) is 72.2 Å². The van der Waals surface area contributed by atoms with Crippen LogP contribution in [0.2, 0.25) is 0 Å². The highest BCUT2D eigenvalue weighted by atomic mass is 16.5. The van der Waals surface area contributed by atoms with Crippen molar-refractivity contribution in [1.82, 2.24) is 19.5 Å². The lowest BCUT2D eigenvalue weighted by molar-refractivity contribution is -0.148. The average Bonchev–Trinajstić information content (AvgIpc) is 3.09. The number of ether oxygens (including phenoxy) is 2. The van der Waals surface area contributed by atoms with Gasteiger partial charge in [0.05, 0.1) is 26.4 Å². The lowest BCUT2D eigenvalue weighted by atomic mass is 10.2. The van der Waals surface area contributed by atoms with Gasteiger partial charge in [-0.2, -0.15) is 0 Å². The van der Waals surface area contributed by atoms with Crippen molar-refractivity contribution >= 4 is 17.4 Å². The van der Waals surface area contributed by atoms with E-state index in [4.69, 9.17) is 9.47 Å². The van der Waals surface area contributed by atoms with E-state index < -0.39 is 6.10 Å². The van der Waals surface area contributed by atoms with Crippen molar-refractivity contribution in [1.29, 1.82) is 0 Å². The number of nitrogens with zero attached hydrogens (tertiary/aromatic N) is 5. The third kappa shape index (κ3) is 2.87. The molecule has 0 saturated carbocycles. The van der Waals surface area contributed by atoms with Gasteiger partial charge in [0, 0.05) is 32.0 Å². The number of aromatic nitrogens is 3. The summed E-state index contributed by atoms with van der Waals surface area (Å²) >= 11 is 0. The van der Waals surface area contributed by atoms with Crippen LogP contribution in [0.1, 0.15) is 0 Å². The predicted molar refractivity (Wildman–Crippen MR) is 82.3 cm³/mol. The first-order valence-electron chi connectivity index (χ1n) is 7.85. The number of amides is 1. The largest absolute Gasteiger partial charge is 0.378 e. The number of hydrogen-bond donors (Lipinski definition) is 0. The van der Waals surface area contributed by atoms with Crippen LogP contribution in [0, 0.1) is 0 Å². The second-order valence-electron chi connectivity index (χ2n) is 5.66. The number of morpholine rings is 2. The standard InChI is InChI=1S/C15H19N5O3/c21-15(18-5-8-22-9-6-18)12-11-19(7-10-23-12)14-2-1-13-16-3-4-20(13)17-14/h1-4,12H,5-11H2. The van der Waals surface area contributed by atoms with Gasteiger partial charge in [-0.05, 0) is 12.1 Å². The third-order valence-corrected chi connectivity index (χ3v) is 4.23. The molecule has 2 aromatic heterocycles. The summed E-state index contributed by atoms with van der Waals surface area (Å²) in [5, 5.41) is 4.54. The molecule has 23 heavy (non-hydrogen) atoms. The van der Waals surface area contributed by atoms with Crippen LogP contribution < -0.4 is 4.90 Å². The molecule has 0 radical (unpaired) electrons. The van der Waals surface area contributed by atoms with Gasteiger partial charge < -0.3 is 19.3 Å². The van der Waals surface area contributed by atoms with Gasteiger partial charge in [-0.3, -0.25) is 4.79 Å². The molecule has 1 atom stereocenters. The summed E-state index contributed by atoms with van der Waals surface area (Å²) in [5.74, 6) is 0.875. The van der Waals surface area contributed by atoms with E-state index in [0.717, 1.165) is 18.0 Å². The molecule has 2 fully saturated rings. The highest BCUT2D eigenvalue weighted by Crippen LogP contribution is 2.17. The zero-order valence-electron chi connectivity index (χ0n) is 12.8. The van der Waals surface area contributed by atoms with Gasteiger partial charge in [0.25, 0.3) is 5.91 Å². The van der Waals surface area contributed by atoms with Gasteiger partial charge in [0.15, 0.2) is 11.8 Å². The molecule has 8 heteroatoms. The number of anilines is 1. The van der Waals surface area contributed by atoms with E-state index in [1.54, 1.807) is 10.7 Å². The maximum atomic E-state index is 12.6. The zero-order valence-corrected chi connectivity index (χ0v) is 12.8. The van der Waals surface area contributed by atoms with Crippen molar-refractivity contribution in [2.75, 3.05) is 50.9 Å². The fourth-order valence-electron chi connectivity index (χ4n) is 2.97. The van der Waals surface area contributed by atoms with Crippen molar-refractivity contribution < 1.29 is 14.3 Å². The molecule has 0 N–H and O–H groups in total. The summed E-state index contributed by atoms with van der Waals surface area (Å²) in [5.41, 5.74) is 0.808. The second-order valence-corrected chi connectivity index (χ2v) is 5.66. The summed E-state index contributed by atoms with van der Waals surface area (Å²) in [4.78, 5) is 20.7. The normalized spacial score (nSPS) is 22.5. The van der Waals surface area contributed by atoms with Crippen LogP contribution in [0.15, 0.2) is 24.5 Å². The molecular formula is C15H19N5O3. The monoisotopic (exact) mass is 317 g/mol. The summed E-state index contributed by atoms with van der Waals surface area (Å²) in [6.07, 6.45) is 3.09. The molecule has 2 aliphatic rings. The molecule has 8 nitrogen and oxygen atoms in total. The van der Waals surface area contributed by atoms with Gasteiger partial charge in [0.1, 0.15) is 5.82 Å². The van der Waals surface area contributed by atoms with Gasteiger partial charge in [-0.15, -0.1) is 5.10 Å². The summed E-state index contributed by atoms with van der Waals surface area (Å²) in [6.45, 7) is 4.23. The van der Waals surface area contributed by atoms with Crippen LogP contribution in [0.25, 0.3) is 5.65 Å². The van der Waals surface area contributed by atoms with E-state index in [1.807, 2.05) is 23.2 Å². The lowest BCUT2D eigenvalue weighted by Crippen LogP contribution is -2.53. The van der Waals surface area contributed by atoms with Crippen LogP contribution in [-0.2, 0) is 14.3 Å². The molecule has 2 saturated heterocycles. The first kappa shape index (κ1) is 14.4. The summed E-state index contributed by atoms with van der Waals surface area (Å²) in [6, 6.07) is 3.86. The number of hydrogen-bond acceptors (Lipinski definition) is 6. The van der Waals surface area contributed by atoms with E-state index in [-0.39, 0.29) is 5.91 Å². The molecule has 0 bridgehead atoms. The number of carbonyl (C=O) groups excluding carboxylic acids is 1. The fourth-order valence-corrected chi connectivity index (χ4v) is 2.97. The SMILES string of the molecule is O=C(C1CN(c2ccc3nccn3n2)CCO1)N1CCOCC1. The fraction of sp³-hybridized carbons (Fsp3) is 0.533. The Kier molecular flexibility index (Phi) is 3.84. The Morgan fingerprint density at radius 1 is 1.17 bits per heavy atom. The lowest BCUT2D eigenvalue weighted by Gasteiger charge is -2.36. The molecule has 2 aromatic rings. The minimum atomic E-state index is -0.442. The van der Waals surface area contributed by atoms with Crippen LogP contribution in [0.4, 0.5) is 5.82 Å². The van der Waals surface area contributed by atoms with Gasteiger partial charge in [0.2, 0.25) is 0 Å². The maximum Gasteiger partial charge on any atom is 0.253 e. The Morgan fingerprint density at radius 2 is 2.04 bits per heavy atom. The number of imidazole rings is 1. The third-order valence-electron chi connectivity index (χ3n) is 4.23. The van der Waals surface area contributed by atoms with Crippen molar-refractivity contribution in [2.45, 2.75) is 6.10 Å². The van der Waals surface area contributed by atoms with Crippen LogP contribution in [-0.4, -0.2) is 77.5 Å². The minimum absolute atomic E-state index is 0.0432. The molecule has 1 amide bonds. The Balaban J connectivity index is 1.48. The van der Waals surface area contributed by atoms with Crippen molar-refractivity contribution in [3.8, 4) is 0 Å². The molecule has 4 heterocycles. The Labute approximate surface area is 133 Å². The molecule has 2 aliphatic heterocycles. The Morgan fingerprint density at radius 3 is 2.91 bits per heavy atom. The molecule has 0 spiro atoms. The highest BCUT2D eigenvalue weighted by molar-refractivity contribution is 5.82. The molecular weight excluding hydrogens is 298 g/mol. The Hall–Kier alpha value is -2.19. The van der Waals surface area contributed by atoms with Gasteiger partial charge >= 0.3 is 0 Å². The highest BCUT2D eigenvalue weighted by Gasteiger charge is 2.31. The Bertz CT molecular complexity index is 697. The van der Waals surface area contributed by atoms with E-state index in [0.29, 0.717) is 39.5 Å². The quantitative estimate of drug-likeness (QED) is 0.763. The van der Waals surface area contributed by atoms with Crippen molar-refractivity contribution in [3.63, 3.8) is 0 Å². The first-order valence-corrected chi connectivity index (χ1v) is 7.85. The van der Waals surface area contributed by atoms with E-state index in [9.17, 15) is 4.79 Å². The number of rotatable bonds is 2. The van der Waals surface area contributed by atoms with Crippen LogP contribution in [0.5, 0.6) is 0 Å². The maximum absolute atomic E-state index is 12.6. The van der Waals surface area contributed by atoms with Crippen LogP contribution in [0.3, 0.4) is 0 Å². The molecule has 4 rings (SSSR count). The minimum Gasteiger partial charge on any atom is -0.378 e. The van der Waals surface area contributed by atoms with Crippen molar-refractivity contribution in [3.05, 3.63) is 24.5 Å². The van der Waals surface area contributed by atoms with Gasteiger partial charge in [-0.25, -0.2) is 9.50 Å². The second kappa shape index (κ2) is 6.13. The number of fused-ring (bicyclic) bond motifs is 1. The van der Waals surface area contributed by atoms with Crippen LogP contribution >= 0.6 is 0 Å². The van der Waals surface area contributed by atoms with E-state index in [1.165, 1.54) is 0 Å². The van der Waals surface area contributed by atoms with E-state index >= 15 is 0 Å². The van der Waals surface area contributed by atoms with E-state index in [2.05, 4.69) is 15.0 Å². The summed E-state index contributed by atoms with van der Waals surface area (Å²) in [7, 11) is 0. The smallest absolute Gasteiger partial charge is 0.253 e. The first-order chi connectivity index (χ1) is 11.3. The molecule has 0 aliphatic carbocycles. The molecule has 122 valence electrons. The number of carbonyl (C=O) groups is 1. The average molecular weight is 317 g/mol. The van der Waals surface area contributed by atoms with Gasteiger partial charge in [-0.1, -0.05) is 0 Å². The zero-order chi connectivity index (χ0) is 15.6. The molecule has 1 unspecified atom stereocenters.